The van der Waals surface area contributed by atoms with Gasteiger partial charge in [0.2, 0.25) is 0 Å². The maximum atomic E-state index is 12.2. The molecule has 0 aromatic heterocycles. The second-order valence-electron chi connectivity index (χ2n) is 5.72. The summed E-state index contributed by atoms with van der Waals surface area (Å²) in [6, 6.07) is 14.7. The third-order valence-electron chi connectivity index (χ3n) is 3.91. The fraction of sp³-hybridized carbons (Fsp3) is 0.300. The molecule has 0 N–H and O–H groups in total. The highest BCUT2D eigenvalue weighted by molar-refractivity contribution is 5.89. The molecule has 1 amide bonds. The van der Waals surface area contributed by atoms with Crippen LogP contribution in [0, 0.1) is 0 Å². The average molecular weight is 341 g/mol. The summed E-state index contributed by atoms with van der Waals surface area (Å²) in [7, 11) is 3.08. The molecule has 0 radical (unpaired) electrons. The highest BCUT2D eigenvalue weighted by atomic mass is 16.5. The van der Waals surface area contributed by atoms with E-state index in [1.165, 1.54) is 12.7 Å². The predicted molar refractivity (Wildman–Crippen MR) is 95.6 cm³/mol. The first-order valence-corrected chi connectivity index (χ1v) is 8.16. The first kappa shape index (κ1) is 18.5. The Balaban J connectivity index is 1.85. The van der Waals surface area contributed by atoms with Gasteiger partial charge in [0.05, 0.1) is 12.7 Å². The first-order chi connectivity index (χ1) is 12.0. The minimum absolute atomic E-state index is 0.0544. The molecular weight excluding hydrogens is 318 g/mol. The lowest BCUT2D eigenvalue weighted by Crippen LogP contribution is -2.30. The van der Waals surface area contributed by atoms with Crippen LogP contribution in [0.1, 0.15) is 28.4 Å². The van der Waals surface area contributed by atoms with E-state index in [0.717, 1.165) is 12.0 Å². The van der Waals surface area contributed by atoms with Gasteiger partial charge in [0.15, 0.2) is 6.61 Å². The minimum Gasteiger partial charge on any atom is -0.484 e. The van der Waals surface area contributed by atoms with Crippen LogP contribution in [0.25, 0.3) is 0 Å². The Bertz CT molecular complexity index is 707. The molecule has 0 aliphatic carbocycles. The van der Waals surface area contributed by atoms with Crippen molar-refractivity contribution in [1.29, 1.82) is 0 Å². The second-order valence-corrected chi connectivity index (χ2v) is 5.72. The summed E-state index contributed by atoms with van der Waals surface area (Å²) in [6.07, 6.45) is 0.998. The molecule has 0 aliphatic heterocycles. The smallest absolute Gasteiger partial charge is 0.337 e. The Labute approximate surface area is 148 Å². The van der Waals surface area contributed by atoms with E-state index in [4.69, 9.17) is 4.74 Å². The third-order valence-corrected chi connectivity index (χ3v) is 3.91. The van der Waals surface area contributed by atoms with Crippen molar-refractivity contribution in [3.63, 3.8) is 0 Å². The van der Waals surface area contributed by atoms with E-state index in [0.29, 0.717) is 17.9 Å². The lowest BCUT2D eigenvalue weighted by Gasteiger charge is -2.18. The first-order valence-electron chi connectivity index (χ1n) is 8.16. The fourth-order valence-electron chi connectivity index (χ4n) is 2.30. The van der Waals surface area contributed by atoms with Crippen LogP contribution in [0.2, 0.25) is 0 Å². The maximum Gasteiger partial charge on any atom is 0.337 e. The topological polar surface area (TPSA) is 55.8 Å². The zero-order valence-corrected chi connectivity index (χ0v) is 14.8. The Morgan fingerprint density at radius 2 is 1.56 bits per heavy atom. The minimum atomic E-state index is -0.406. The summed E-state index contributed by atoms with van der Waals surface area (Å²) in [5, 5.41) is 0. The number of hydrogen-bond acceptors (Lipinski definition) is 4. The van der Waals surface area contributed by atoms with Gasteiger partial charge in [-0.05, 0) is 41.8 Å². The monoisotopic (exact) mass is 341 g/mol. The van der Waals surface area contributed by atoms with E-state index in [1.54, 1.807) is 36.2 Å². The summed E-state index contributed by atoms with van der Waals surface area (Å²) >= 11 is 0. The van der Waals surface area contributed by atoms with Gasteiger partial charge in [-0.2, -0.15) is 0 Å². The number of rotatable bonds is 7. The van der Waals surface area contributed by atoms with E-state index in [9.17, 15) is 9.59 Å². The molecule has 0 atom stereocenters. The molecule has 25 heavy (non-hydrogen) atoms. The zero-order valence-electron chi connectivity index (χ0n) is 14.8. The maximum absolute atomic E-state index is 12.2. The molecule has 2 rings (SSSR count). The largest absolute Gasteiger partial charge is 0.484 e. The number of methoxy groups -OCH3 is 1. The van der Waals surface area contributed by atoms with Gasteiger partial charge in [-0.25, -0.2) is 4.79 Å². The van der Waals surface area contributed by atoms with Gasteiger partial charge >= 0.3 is 5.97 Å². The summed E-state index contributed by atoms with van der Waals surface area (Å²) in [4.78, 5) is 25.2. The molecule has 0 spiro atoms. The molecule has 0 saturated heterocycles. The Morgan fingerprint density at radius 1 is 0.960 bits per heavy atom. The van der Waals surface area contributed by atoms with Crippen LogP contribution in [0.4, 0.5) is 0 Å². The van der Waals surface area contributed by atoms with Crippen molar-refractivity contribution in [2.45, 2.75) is 19.9 Å². The van der Waals surface area contributed by atoms with Crippen molar-refractivity contribution in [2.24, 2.45) is 0 Å². The quantitative estimate of drug-likeness (QED) is 0.726. The molecule has 0 aliphatic rings. The van der Waals surface area contributed by atoms with Crippen molar-refractivity contribution in [2.75, 3.05) is 20.8 Å². The highest BCUT2D eigenvalue weighted by Crippen LogP contribution is 2.13. The van der Waals surface area contributed by atoms with Crippen LogP contribution in [0.15, 0.2) is 48.5 Å². The molecule has 5 nitrogen and oxygen atoms in total. The normalized spacial score (nSPS) is 10.2. The zero-order chi connectivity index (χ0) is 18.2. The Morgan fingerprint density at radius 3 is 2.12 bits per heavy atom. The summed E-state index contributed by atoms with van der Waals surface area (Å²) in [5.74, 6) is 0.00904. The molecule has 0 bridgehead atoms. The standard InChI is InChI=1S/C20H23NO4/c1-4-15-5-7-16(8-6-15)13-21(2)19(22)14-25-18-11-9-17(10-12-18)20(23)24-3/h5-12H,4,13-14H2,1-3H3. The number of likely N-dealkylation sites (N-methyl/N-ethyl adjacent to an activating group) is 1. The van der Waals surface area contributed by atoms with Crippen molar-refractivity contribution in [3.8, 4) is 5.75 Å². The van der Waals surface area contributed by atoms with Crippen molar-refractivity contribution >= 4 is 11.9 Å². The van der Waals surface area contributed by atoms with Crippen molar-refractivity contribution < 1.29 is 19.1 Å². The molecular formula is C20H23NO4. The van der Waals surface area contributed by atoms with Crippen LogP contribution >= 0.6 is 0 Å². The number of ether oxygens (including phenoxy) is 2. The Kier molecular flexibility index (Phi) is 6.57. The molecule has 0 heterocycles. The van der Waals surface area contributed by atoms with Crippen LogP contribution in [0.3, 0.4) is 0 Å². The lowest BCUT2D eigenvalue weighted by atomic mass is 10.1. The lowest BCUT2D eigenvalue weighted by molar-refractivity contribution is -0.132. The van der Waals surface area contributed by atoms with Crippen LogP contribution < -0.4 is 4.74 Å². The van der Waals surface area contributed by atoms with Gasteiger partial charge in [-0.3, -0.25) is 4.79 Å². The number of aryl methyl sites for hydroxylation is 1. The van der Waals surface area contributed by atoms with Gasteiger partial charge in [-0.15, -0.1) is 0 Å². The number of carbonyl (C=O) groups is 2. The van der Waals surface area contributed by atoms with Crippen molar-refractivity contribution in [1.82, 2.24) is 4.90 Å². The van der Waals surface area contributed by atoms with Gasteiger partial charge < -0.3 is 14.4 Å². The molecule has 0 fully saturated rings. The van der Waals surface area contributed by atoms with Crippen LogP contribution in [-0.2, 0) is 22.5 Å². The predicted octanol–water partition coefficient (Wildman–Crippen LogP) is 3.07. The summed E-state index contributed by atoms with van der Waals surface area (Å²) < 4.78 is 10.1. The van der Waals surface area contributed by atoms with E-state index in [2.05, 4.69) is 23.8 Å². The van der Waals surface area contributed by atoms with Gasteiger partial charge in [0.25, 0.3) is 5.91 Å². The number of hydrogen-bond donors (Lipinski definition) is 0. The van der Waals surface area contributed by atoms with Gasteiger partial charge in [-0.1, -0.05) is 31.2 Å². The fourth-order valence-corrected chi connectivity index (χ4v) is 2.30. The number of nitrogens with zero attached hydrogens (tertiary/aromatic N) is 1. The van der Waals surface area contributed by atoms with Gasteiger partial charge in [0, 0.05) is 13.6 Å². The number of amides is 1. The second kappa shape index (κ2) is 8.87. The van der Waals surface area contributed by atoms with Crippen molar-refractivity contribution in [3.05, 3.63) is 65.2 Å². The molecule has 0 saturated carbocycles. The van der Waals surface area contributed by atoms with E-state index >= 15 is 0 Å². The summed E-state index contributed by atoms with van der Waals surface area (Å²) in [5.41, 5.74) is 2.79. The van der Waals surface area contributed by atoms with E-state index in [1.807, 2.05) is 12.1 Å². The number of benzene rings is 2. The number of carbonyl (C=O) groups excluding carboxylic acids is 2. The SMILES string of the molecule is CCc1ccc(CN(C)C(=O)COc2ccc(C(=O)OC)cc2)cc1. The molecule has 2 aromatic rings. The molecule has 5 heteroatoms. The average Bonchev–Trinajstić information content (AvgIpc) is 2.66. The third kappa shape index (κ3) is 5.35. The van der Waals surface area contributed by atoms with Gasteiger partial charge in [0.1, 0.15) is 5.75 Å². The highest BCUT2D eigenvalue weighted by Gasteiger charge is 2.11. The van der Waals surface area contributed by atoms with E-state index < -0.39 is 5.97 Å². The van der Waals surface area contributed by atoms with Crippen LogP contribution in [0.5, 0.6) is 5.75 Å². The molecule has 132 valence electrons. The van der Waals surface area contributed by atoms with Crippen LogP contribution in [-0.4, -0.2) is 37.5 Å². The summed E-state index contributed by atoms with van der Waals surface area (Å²) in [6.45, 7) is 2.59. The molecule has 2 aromatic carbocycles. The van der Waals surface area contributed by atoms with E-state index in [-0.39, 0.29) is 12.5 Å². The number of esters is 1. The molecule has 0 unspecified atom stereocenters. The Hall–Kier alpha value is -2.82.